The van der Waals surface area contributed by atoms with E-state index in [1.165, 1.54) is 0 Å². The first-order valence-corrected chi connectivity index (χ1v) is 12.0. The molecule has 0 aliphatic rings. The molecule has 2 rings (SSSR count). The van der Waals surface area contributed by atoms with Crippen molar-refractivity contribution in [3.05, 3.63) is 65.7 Å². The molecule has 0 radical (unpaired) electrons. The number of nitrogens with one attached hydrogen (secondary N) is 2. The van der Waals surface area contributed by atoms with Crippen LogP contribution in [0.15, 0.2) is 59.8 Å². The van der Waals surface area contributed by atoms with Crippen molar-refractivity contribution < 1.29 is 19.5 Å². The van der Waals surface area contributed by atoms with Crippen molar-refractivity contribution in [1.29, 1.82) is 0 Å². The molecular weight excluding hydrogens is 444 g/mol. The normalized spacial score (nSPS) is 14.8. The number of phenols is 1. The minimum Gasteiger partial charge on any atom is -0.508 e. The molecule has 0 spiro atoms. The highest BCUT2D eigenvalue weighted by molar-refractivity contribution is 5.91. The van der Waals surface area contributed by atoms with Crippen LogP contribution in [0.1, 0.15) is 45.2 Å². The molecule has 35 heavy (non-hydrogen) atoms. The topological polar surface area (TPSA) is 126 Å². The van der Waals surface area contributed by atoms with Gasteiger partial charge in [0.1, 0.15) is 18.4 Å². The highest BCUT2D eigenvalue weighted by Gasteiger charge is 2.28. The number of hydrogen-bond acceptors (Lipinski definition) is 6. The number of phenolic OH excluding ortho intramolecular Hbond substituents is 1. The van der Waals surface area contributed by atoms with Crippen LogP contribution in [0.25, 0.3) is 0 Å². The molecule has 8 heteroatoms. The number of benzene rings is 2. The van der Waals surface area contributed by atoms with Gasteiger partial charge in [-0.25, -0.2) is 0 Å². The number of aromatic hydroxyl groups is 1. The van der Waals surface area contributed by atoms with Crippen LogP contribution >= 0.6 is 0 Å². The Morgan fingerprint density at radius 2 is 1.66 bits per heavy atom. The summed E-state index contributed by atoms with van der Waals surface area (Å²) < 4.78 is 0. The Balaban J connectivity index is 2.12. The van der Waals surface area contributed by atoms with E-state index < -0.39 is 12.1 Å². The molecule has 0 aliphatic heterocycles. The molecule has 0 fully saturated rings. The van der Waals surface area contributed by atoms with Crippen LogP contribution in [0.2, 0.25) is 0 Å². The SMILES string of the molecule is CC[C@H](C)[C@@H](C=NOCc1ccccc1)NC(=O)[C@H](Cc1ccc(O)cc1)NC(=O)[C@@H](N)C(C)C. The monoisotopic (exact) mass is 482 g/mol. The second-order valence-corrected chi connectivity index (χ2v) is 9.13. The first-order chi connectivity index (χ1) is 16.7. The summed E-state index contributed by atoms with van der Waals surface area (Å²) in [6.45, 7) is 8.07. The van der Waals surface area contributed by atoms with Gasteiger partial charge in [0.2, 0.25) is 11.8 Å². The number of carbonyl (C=O) groups excluding carboxylic acids is 2. The van der Waals surface area contributed by atoms with E-state index in [0.29, 0.717) is 6.61 Å². The summed E-state index contributed by atoms with van der Waals surface area (Å²) in [6.07, 6.45) is 2.65. The van der Waals surface area contributed by atoms with Crippen LogP contribution in [0.4, 0.5) is 0 Å². The highest BCUT2D eigenvalue weighted by Crippen LogP contribution is 2.13. The zero-order chi connectivity index (χ0) is 25.8. The number of hydrogen-bond donors (Lipinski definition) is 4. The Labute approximate surface area is 207 Å². The van der Waals surface area contributed by atoms with Crippen molar-refractivity contribution >= 4 is 18.0 Å². The maximum absolute atomic E-state index is 13.3. The number of nitrogens with two attached hydrogens (primary N) is 1. The predicted molar refractivity (Wildman–Crippen MR) is 138 cm³/mol. The van der Waals surface area contributed by atoms with E-state index in [9.17, 15) is 14.7 Å². The van der Waals surface area contributed by atoms with Gasteiger partial charge in [-0.1, -0.05) is 81.7 Å². The van der Waals surface area contributed by atoms with Crippen LogP contribution in [-0.2, 0) is 27.5 Å². The summed E-state index contributed by atoms with van der Waals surface area (Å²) in [5.74, 6) is -0.592. The zero-order valence-corrected chi connectivity index (χ0v) is 21.0. The summed E-state index contributed by atoms with van der Waals surface area (Å²) in [5, 5.41) is 19.4. The van der Waals surface area contributed by atoms with E-state index in [1.54, 1.807) is 30.5 Å². The van der Waals surface area contributed by atoms with Gasteiger partial charge in [-0.05, 0) is 35.1 Å². The summed E-state index contributed by atoms with van der Waals surface area (Å²) in [7, 11) is 0. The summed E-state index contributed by atoms with van der Waals surface area (Å²) in [6, 6.07) is 14.2. The Bertz CT molecular complexity index is 947. The largest absolute Gasteiger partial charge is 0.508 e. The minimum absolute atomic E-state index is 0.0749. The van der Waals surface area contributed by atoms with E-state index in [2.05, 4.69) is 15.8 Å². The number of carbonyl (C=O) groups is 2. The molecule has 8 nitrogen and oxygen atoms in total. The first-order valence-electron chi connectivity index (χ1n) is 12.0. The van der Waals surface area contributed by atoms with Crippen molar-refractivity contribution in [1.82, 2.24) is 10.6 Å². The lowest BCUT2D eigenvalue weighted by molar-refractivity contribution is -0.130. The number of oxime groups is 1. The molecule has 4 atom stereocenters. The van der Waals surface area contributed by atoms with E-state index in [-0.39, 0.29) is 41.9 Å². The van der Waals surface area contributed by atoms with Crippen LogP contribution in [0, 0.1) is 11.8 Å². The van der Waals surface area contributed by atoms with Crippen molar-refractivity contribution in [3.8, 4) is 5.75 Å². The predicted octanol–water partition coefficient (Wildman–Crippen LogP) is 3.14. The molecule has 2 aromatic rings. The molecule has 0 unspecified atom stereocenters. The summed E-state index contributed by atoms with van der Waals surface area (Å²) in [5.41, 5.74) is 7.79. The Morgan fingerprint density at radius 1 is 1.00 bits per heavy atom. The zero-order valence-electron chi connectivity index (χ0n) is 21.0. The van der Waals surface area contributed by atoms with Crippen LogP contribution < -0.4 is 16.4 Å². The molecule has 190 valence electrons. The van der Waals surface area contributed by atoms with Gasteiger partial charge >= 0.3 is 0 Å². The van der Waals surface area contributed by atoms with E-state index in [1.807, 2.05) is 58.0 Å². The maximum Gasteiger partial charge on any atom is 0.243 e. The standard InChI is InChI=1S/C27H38N4O4/c1-5-19(4)24(16-29-35-17-21-9-7-6-8-10-21)31-26(33)23(30-27(34)25(28)18(2)3)15-20-11-13-22(32)14-12-20/h6-14,16,18-19,23-25,32H,5,15,17,28H2,1-4H3,(H,30,34)(H,31,33)/t19-,23-,24+,25-/m0/s1. The van der Waals surface area contributed by atoms with Crippen LogP contribution in [-0.4, -0.2) is 41.3 Å². The molecule has 2 aromatic carbocycles. The number of rotatable bonds is 13. The number of nitrogens with zero attached hydrogens (tertiary/aromatic N) is 1. The molecule has 0 aliphatic carbocycles. The van der Waals surface area contributed by atoms with Gasteiger partial charge in [0, 0.05) is 6.42 Å². The summed E-state index contributed by atoms with van der Waals surface area (Å²) in [4.78, 5) is 31.4. The molecule has 0 bridgehead atoms. The van der Waals surface area contributed by atoms with Gasteiger partial charge in [0.05, 0.1) is 18.3 Å². The minimum atomic E-state index is -0.845. The van der Waals surface area contributed by atoms with Gasteiger partial charge in [-0.15, -0.1) is 0 Å². The second kappa shape index (κ2) is 14.1. The molecule has 0 aromatic heterocycles. The Morgan fingerprint density at radius 3 is 2.26 bits per heavy atom. The molecule has 0 heterocycles. The fourth-order valence-electron chi connectivity index (χ4n) is 3.29. The second-order valence-electron chi connectivity index (χ2n) is 9.13. The molecule has 0 saturated heterocycles. The third-order valence-corrected chi connectivity index (χ3v) is 5.97. The molecule has 5 N–H and O–H groups in total. The fraction of sp³-hybridized carbons (Fsp3) is 0.444. The van der Waals surface area contributed by atoms with Gasteiger partial charge in [-0.2, -0.15) is 0 Å². The van der Waals surface area contributed by atoms with Gasteiger partial charge in [0.15, 0.2) is 0 Å². The fourth-order valence-corrected chi connectivity index (χ4v) is 3.29. The van der Waals surface area contributed by atoms with Gasteiger partial charge in [0.25, 0.3) is 0 Å². The van der Waals surface area contributed by atoms with Crippen molar-refractivity contribution in [2.75, 3.05) is 0 Å². The molecular formula is C27H38N4O4. The Hall–Kier alpha value is -3.39. The lowest BCUT2D eigenvalue weighted by atomic mass is 9.98. The summed E-state index contributed by atoms with van der Waals surface area (Å²) >= 11 is 0. The number of amides is 2. The smallest absolute Gasteiger partial charge is 0.243 e. The molecule has 2 amide bonds. The van der Waals surface area contributed by atoms with Gasteiger partial charge < -0.3 is 26.3 Å². The maximum atomic E-state index is 13.3. The lowest BCUT2D eigenvalue weighted by Crippen LogP contribution is -2.56. The quantitative estimate of drug-likeness (QED) is 0.258. The van der Waals surface area contributed by atoms with Crippen molar-refractivity contribution in [3.63, 3.8) is 0 Å². The Kier molecular flexibility index (Phi) is 11.2. The van der Waals surface area contributed by atoms with Crippen molar-refractivity contribution in [2.24, 2.45) is 22.7 Å². The van der Waals surface area contributed by atoms with E-state index in [4.69, 9.17) is 10.6 Å². The lowest BCUT2D eigenvalue weighted by Gasteiger charge is -2.26. The highest BCUT2D eigenvalue weighted by atomic mass is 16.6. The average molecular weight is 483 g/mol. The van der Waals surface area contributed by atoms with Crippen LogP contribution in [0.3, 0.4) is 0 Å². The third kappa shape index (κ3) is 9.41. The average Bonchev–Trinajstić information content (AvgIpc) is 2.86. The first kappa shape index (κ1) is 27.9. The van der Waals surface area contributed by atoms with E-state index in [0.717, 1.165) is 17.5 Å². The molecule has 0 saturated carbocycles. The third-order valence-electron chi connectivity index (χ3n) is 5.97. The van der Waals surface area contributed by atoms with E-state index >= 15 is 0 Å². The van der Waals surface area contributed by atoms with Crippen molar-refractivity contribution in [2.45, 2.75) is 65.3 Å². The van der Waals surface area contributed by atoms with Gasteiger partial charge in [-0.3, -0.25) is 9.59 Å². The van der Waals surface area contributed by atoms with Crippen LogP contribution in [0.5, 0.6) is 5.75 Å².